The van der Waals surface area contributed by atoms with Crippen LogP contribution in [0, 0.1) is 6.92 Å². The number of aromatic amines is 1. The summed E-state index contributed by atoms with van der Waals surface area (Å²) in [6, 6.07) is 9.72. The molecule has 0 spiro atoms. The van der Waals surface area contributed by atoms with Gasteiger partial charge in [-0.15, -0.1) is 0 Å². The van der Waals surface area contributed by atoms with Crippen LogP contribution >= 0.6 is 0 Å². The first-order chi connectivity index (χ1) is 12.6. The molecular formula is C22H31N3O. The topological polar surface area (TPSA) is 39.3 Å². The van der Waals surface area contributed by atoms with Gasteiger partial charge in [0.15, 0.2) is 0 Å². The Balaban J connectivity index is 1.44. The van der Waals surface area contributed by atoms with E-state index < -0.39 is 0 Å². The molecule has 2 aromatic rings. The average molecular weight is 354 g/mol. The van der Waals surface area contributed by atoms with Crippen molar-refractivity contribution >= 4 is 10.9 Å². The Hall–Kier alpha value is -1.65. The molecule has 26 heavy (non-hydrogen) atoms. The van der Waals surface area contributed by atoms with Crippen LogP contribution in [0.3, 0.4) is 0 Å². The number of rotatable bonds is 3. The lowest BCUT2D eigenvalue weighted by Crippen LogP contribution is -2.51. The molecule has 1 aromatic heterocycles. The van der Waals surface area contributed by atoms with Gasteiger partial charge in [-0.1, -0.05) is 31.4 Å². The van der Waals surface area contributed by atoms with Crippen LogP contribution in [-0.4, -0.2) is 47.0 Å². The standard InChI is InChI=1S/C22H31N3O/c1-16-14-19-9-8-18(15-21(19)23-22(16)26)17(2)24-10-12-25(13-11-24)20-6-4-3-5-7-20/h8-9,14-15,17,20H,3-7,10-13H2,1-2H3,(H,23,26). The summed E-state index contributed by atoms with van der Waals surface area (Å²) in [6.45, 7) is 8.82. The van der Waals surface area contributed by atoms with E-state index in [0.717, 1.165) is 35.6 Å². The minimum absolute atomic E-state index is 0.0170. The number of hydrogen-bond acceptors (Lipinski definition) is 3. The number of hydrogen-bond donors (Lipinski definition) is 1. The molecule has 4 rings (SSSR count). The molecule has 2 fully saturated rings. The molecule has 1 aliphatic heterocycles. The maximum atomic E-state index is 11.9. The summed E-state index contributed by atoms with van der Waals surface area (Å²) in [5.74, 6) is 0. The van der Waals surface area contributed by atoms with Crippen molar-refractivity contribution in [3.8, 4) is 0 Å². The Morgan fingerprint density at radius 2 is 1.77 bits per heavy atom. The Morgan fingerprint density at radius 3 is 2.50 bits per heavy atom. The molecule has 0 bridgehead atoms. The highest BCUT2D eigenvalue weighted by atomic mass is 16.1. The fourth-order valence-electron chi connectivity index (χ4n) is 4.73. The third-order valence-corrected chi connectivity index (χ3v) is 6.53. The molecule has 1 N–H and O–H groups in total. The van der Waals surface area contributed by atoms with Crippen molar-refractivity contribution in [2.24, 2.45) is 0 Å². The molecular weight excluding hydrogens is 322 g/mol. The summed E-state index contributed by atoms with van der Waals surface area (Å²) in [5.41, 5.74) is 3.04. The molecule has 2 heterocycles. The first-order valence-electron chi connectivity index (χ1n) is 10.2. The minimum Gasteiger partial charge on any atom is -0.322 e. The SMILES string of the molecule is Cc1cc2ccc(C(C)N3CCN(C4CCCCC4)CC3)cc2[nH]c1=O. The highest BCUT2D eigenvalue weighted by molar-refractivity contribution is 5.79. The van der Waals surface area contributed by atoms with Crippen LogP contribution in [-0.2, 0) is 0 Å². The van der Waals surface area contributed by atoms with E-state index in [2.05, 4.69) is 39.9 Å². The fourth-order valence-corrected chi connectivity index (χ4v) is 4.73. The van der Waals surface area contributed by atoms with E-state index in [9.17, 15) is 4.79 Å². The molecule has 1 aliphatic carbocycles. The lowest BCUT2D eigenvalue weighted by atomic mass is 9.93. The molecule has 2 aliphatic rings. The summed E-state index contributed by atoms with van der Waals surface area (Å²) in [7, 11) is 0. The van der Waals surface area contributed by atoms with Gasteiger partial charge in [-0.05, 0) is 49.8 Å². The molecule has 1 saturated carbocycles. The lowest BCUT2D eigenvalue weighted by Gasteiger charge is -2.42. The second kappa shape index (κ2) is 7.53. The summed E-state index contributed by atoms with van der Waals surface area (Å²) in [4.78, 5) is 20.3. The second-order valence-electron chi connectivity index (χ2n) is 8.17. The Kier molecular flexibility index (Phi) is 5.14. The van der Waals surface area contributed by atoms with Crippen molar-refractivity contribution < 1.29 is 0 Å². The summed E-state index contributed by atoms with van der Waals surface area (Å²) < 4.78 is 0. The van der Waals surface area contributed by atoms with E-state index >= 15 is 0 Å². The van der Waals surface area contributed by atoms with E-state index in [1.807, 2.05) is 13.0 Å². The van der Waals surface area contributed by atoms with E-state index in [0.29, 0.717) is 6.04 Å². The minimum atomic E-state index is 0.0170. The van der Waals surface area contributed by atoms with Gasteiger partial charge in [-0.25, -0.2) is 0 Å². The third-order valence-electron chi connectivity index (χ3n) is 6.53. The molecule has 0 amide bonds. The van der Waals surface area contributed by atoms with Gasteiger partial charge in [-0.2, -0.15) is 0 Å². The number of pyridine rings is 1. The molecule has 1 saturated heterocycles. The van der Waals surface area contributed by atoms with Crippen LogP contribution in [0.4, 0.5) is 0 Å². The highest BCUT2D eigenvalue weighted by Crippen LogP contribution is 2.27. The van der Waals surface area contributed by atoms with Gasteiger partial charge in [0, 0.05) is 49.3 Å². The van der Waals surface area contributed by atoms with E-state index in [1.165, 1.54) is 50.8 Å². The summed E-state index contributed by atoms with van der Waals surface area (Å²) >= 11 is 0. The zero-order chi connectivity index (χ0) is 18.1. The third kappa shape index (κ3) is 3.58. The Morgan fingerprint density at radius 1 is 1.04 bits per heavy atom. The number of piperazine rings is 1. The average Bonchev–Trinajstić information content (AvgIpc) is 2.69. The lowest BCUT2D eigenvalue weighted by molar-refractivity contribution is 0.0603. The first kappa shape index (κ1) is 17.7. The van der Waals surface area contributed by atoms with Crippen LogP contribution in [0.1, 0.15) is 56.2 Å². The highest BCUT2D eigenvalue weighted by Gasteiger charge is 2.27. The van der Waals surface area contributed by atoms with Crippen LogP contribution in [0.25, 0.3) is 10.9 Å². The quantitative estimate of drug-likeness (QED) is 0.911. The van der Waals surface area contributed by atoms with Gasteiger partial charge in [-0.3, -0.25) is 14.6 Å². The molecule has 1 unspecified atom stereocenters. The van der Waals surface area contributed by atoms with Gasteiger partial charge in [0.05, 0.1) is 0 Å². The number of H-pyrrole nitrogens is 1. The van der Waals surface area contributed by atoms with Crippen molar-refractivity contribution in [2.75, 3.05) is 26.2 Å². The zero-order valence-electron chi connectivity index (χ0n) is 16.1. The van der Waals surface area contributed by atoms with Crippen molar-refractivity contribution in [1.82, 2.24) is 14.8 Å². The predicted molar refractivity (Wildman–Crippen MR) is 108 cm³/mol. The van der Waals surface area contributed by atoms with Crippen molar-refractivity contribution in [2.45, 2.75) is 58.0 Å². The van der Waals surface area contributed by atoms with Crippen LogP contribution < -0.4 is 5.56 Å². The van der Waals surface area contributed by atoms with Gasteiger partial charge in [0.1, 0.15) is 0 Å². The molecule has 0 radical (unpaired) electrons. The zero-order valence-corrected chi connectivity index (χ0v) is 16.1. The van der Waals surface area contributed by atoms with Gasteiger partial charge in [0.25, 0.3) is 5.56 Å². The van der Waals surface area contributed by atoms with Crippen molar-refractivity contribution in [3.05, 3.63) is 45.7 Å². The number of aryl methyl sites for hydroxylation is 1. The van der Waals surface area contributed by atoms with E-state index in [-0.39, 0.29) is 5.56 Å². The number of benzene rings is 1. The molecule has 1 atom stereocenters. The van der Waals surface area contributed by atoms with Gasteiger partial charge in [0.2, 0.25) is 0 Å². The largest absolute Gasteiger partial charge is 0.322 e. The van der Waals surface area contributed by atoms with E-state index in [1.54, 1.807) is 0 Å². The normalized spacial score (nSPS) is 21.9. The maximum absolute atomic E-state index is 11.9. The Bertz CT molecular complexity index is 814. The molecule has 4 nitrogen and oxygen atoms in total. The first-order valence-corrected chi connectivity index (χ1v) is 10.2. The Labute approximate surface area is 156 Å². The number of aromatic nitrogens is 1. The number of nitrogens with zero attached hydrogens (tertiary/aromatic N) is 2. The van der Waals surface area contributed by atoms with Gasteiger partial charge < -0.3 is 4.98 Å². The fraction of sp³-hybridized carbons (Fsp3) is 0.591. The number of nitrogens with one attached hydrogen (secondary N) is 1. The van der Waals surface area contributed by atoms with E-state index in [4.69, 9.17) is 0 Å². The molecule has 1 aromatic carbocycles. The monoisotopic (exact) mass is 353 g/mol. The smallest absolute Gasteiger partial charge is 0.251 e. The van der Waals surface area contributed by atoms with Gasteiger partial charge >= 0.3 is 0 Å². The second-order valence-corrected chi connectivity index (χ2v) is 8.17. The van der Waals surface area contributed by atoms with Crippen LogP contribution in [0.2, 0.25) is 0 Å². The predicted octanol–water partition coefficient (Wildman–Crippen LogP) is 3.85. The van der Waals surface area contributed by atoms with Crippen LogP contribution in [0.5, 0.6) is 0 Å². The number of fused-ring (bicyclic) bond motifs is 1. The maximum Gasteiger partial charge on any atom is 0.251 e. The molecule has 140 valence electrons. The summed E-state index contributed by atoms with van der Waals surface area (Å²) in [6.07, 6.45) is 7.04. The van der Waals surface area contributed by atoms with Crippen molar-refractivity contribution in [1.29, 1.82) is 0 Å². The van der Waals surface area contributed by atoms with Crippen LogP contribution in [0.15, 0.2) is 29.1 Å². The summed E-state index contributed by atoms with van der Waals surface area (Å²) in [5, 5.41) is 1.11. The van der Waals surface area contributed by atoms with Crippen molar-refractivity contribution in [3.63, 3.8) is 0 Å². The molecule has 4 heteroatoms.